The molecule has 0 unspecified atom stereocenters. The van der Waals surface area contributed by atoms with Crippen LogP contribution >= 0.6 is 46.9 Å². The van der Waals surface area contributed by atoms with Crippen LogP contribution in [0, 0.1) is 19.7 Å². The van der Waals surface area contributed by atoms with Crippen LogP contribution in [-0.2, 0) is 13.1 Å². The van der Waals surface area contributed by atoms with Crippen molar-refractivity contribution in [3.8, 4) is 0 Å². The molecule has 0 aliphatic heterocycles. The van der Waals surface area contributed by atoms with E-state index >= 15 is 0 Å². The summed E-state index contributed by atoms with van der Waals surface area (Å²) in [7, 11) is 0. The molecular formula is C16H21ClFIN4S. The largest absolute Gasteiger partial charge is 0.357 e. The molecule has 0 aliphatic rings. The Morgan fingerprint density at radius 2 is 2.08 bits per heavy atom. The Morgan fingerprint density at radius 3 is 2.67 bits per heavy atom. The van der Waals surface area contributed by atoms with Gasteiger partial charge in [0.25, 0.3) is 0 Å². The van der Waals surface area contributed by atoms with Crippen molar-refractivity contribution < 1.29 is 4.39 Å². The van der Waals surface area contributed by atoms with Crippen LogP contribution in [0.25, 0.3) is 0 Å². The van der Waals surface area contributed by atoms with Crippen LogP contribution in [0.5, 0.6) is 0 Å². The van der Waals surface area contributed by atoms with E-state index in [0.29, 0.717) is 19.0 Å². The fraction of sp³-hybridized carbons (Fsp3) is 0.375. The van der Waals surface area contributed by atoms with Gasteiger partial charge in [-0.05, 0) is 38.5 Å². The quantitative estimate of drug-likeness (QED) is 0.377. The summed E-state index contributed by atoms with van der Waals surface area (Å²) < 4.78 is 13.2. The molecule has 1 aromatic carbocycles. The number of nitrogens with zero attached hydrogens (tertiary/aromatic N) is 2. The number of rotatable bonds is 5. The summed E-state index contributed by atoms with van der Waals surface area (Å²) in [6.07, 6.45) is 0. The highest BCUT2D eigenvalue weighted by atomic mass is 127. The number of thiazole rings is 1. The fourth-order valence-electron chi connectivity index (χ4n) is 2.05. The Bertz CT molecular complexity index is 705. The van der Waals surface area contributed by atoms with Crippen LogP contribution < -0.4 is 10.6 Å². The van der Waals surface area contributed by atoms with Crippen LogP contribution in [0.1, 0.15) is 28.1 Å². The van der Waals surface area contributed by atoms with Gasteiger partial charge >= 0.3 is 0 Å². The highest BCUT2D eigenvalue weighted by molar-refractivity contribution is 14.0. The van der Waals surface area contributed by atoms with Crippen molar-refractivity contribution in [2.45, 2.75) is 33.9 Å². The van der Waals surface area contributed by atoms with Gasteiger partial charge in [-0.3, -0.25) is 0 Å². The zero-order valence-electron chi connectivity index (χ0n) is 13.8. The SMILES string of the molecule is CCNC(=NCc1ccc(F)c(Cl)c1)NCc1sc(C)nc1C.I. The van der Waals surface area contributed by atoms with E-state index in [-0.39, 0.29) is 29.0 Å². The van der Waals surface area contributed by atoms with E-state index in [9.17, 15) is 4.39 Å². The highest BCUT2D eigenvalue weighted by Gasteiger charge is 2.06. The molecule has 0 radical (unpaired) electrons. The Balaban J connectivity index is 0.00000288. The minimum atomic E-state index is -0.416. The molecule has 2 aromatic rings. The van der Waals surface area contributed by atoms with Gasteiger partial charge in [-0.15, -0.1) is 35.3 Å². The van der Waals surface area contributed by atoms with Gasteiger partial charge in [0.15, 0.2) is 5.96 Å². The van der Waals surface area contributed by atoms with Crippen molar-refractivity contribution in [3.63, 3.8) is 0 Å². The molecule has 132 valence electrons. The smallest absolute Gasteiger partial charge is 0.191 e. The molecule has 8 heteroatoms. The Labute approximate surface area is 168 Å². The maximum absolute atomic E-state index is 13.2. The van der Waals surface area contributed by atoms with E-state index < -0.39 is 5.82 Å². The molecule has 0 aliphatic carbocycles. The molecule has 0 saturated carbocycles. The average molecular weight is 483 g/mol. The van der Waals surface area contributed by atoms with Crippen LogP contribution in [0.2, 0.25) is 5.02 Å². The van der Waals surface area contributed by atoms with E-state index in [4.69, 9.17) is 11.6 Å². The molecule has 0 atom stereocenters. The minimum absolute atomic E-state index is 0. The molecule has 4 nitrogen and oxygen atoms in total. The van der Waals surface area contributed by atoms with Gasteiger partial charge in [0, 0.05) is 11.4 Å². The third kappa shape index (κ3) is 6.18. The molecular weight excluding hydrogens is 462 g/mol. The Morgan fingerprint density at radius 1 is 1.33 bits per heavy atom. The summed E-state index contributed by atoms with van der Waals surface area (Å²) in [6, 6.07) is 4.64. The number of hydrogen-bond donors (Lipinski definition) is 2. The molecule has 0 saturated heterocycles. The first-order chi connectivity index (χ1) is 11.0. The van der Waals surface area contributed by atoms with Gasteiger partial charge in [0.05, 0.1) is 28.8 Å². The fourth-order valence-corrected chi connectivity index (χ4v) is 3.13. The molecule has 0 fully saturated rings. The number of hydrogen-bond acceptors (Lipinski definition) is 3. The molecule has 2 rings (SSSR count). The second-order valence-electron chi connectivity index (χ2n) is 5.04. The van der Waals surface area contributed by atoms with Gasteiger partial charge < -0.3 is 10.6 Å². The van der Waals surface area contributed by atoms with Crippen LogP contribution in [-0.4, -0.2) is 17.5 Å². The lowest BCUT2D eigenvalue weighted by Crippen LogP contribution is -2.36. The van der Waals surface area contributed by atoms with Gasteiger partial charge in [0.2, 0.25) is 0 Å². The van der Waals surface area contributed by atoms with Gasteiger partial charge in [-0.1, -0.05) is 17.7 Å². The second kappa shape index (κ2) is 10.1. The summed E-state index contributed by atoms with van der Waals surface area (Å²) in [6.45, 7) is 7.87. The van der Waals surface area contributed by atoms with Crippen LogP contribution in [0.15, 0.2) is 23.2 Å². The van der Waals surface area contributed by atoms with E-state index in [1.165, 1.54) is 10.9 Å². The van der Waals surface area contributed by atoms with Crippen molar-refractivity contribution in [2.75, 3.05) is 6.54 Å². The summed E-state index contributed by atoms with van der Waals surface area (Å²) in [5.74, 6) is 0.291. The predicted octanol–water partition coefficient (Wildman–Crippen LogP) is 4.43. The van der Waals surface area contributed by atoms with Crippen molar-refractivity contribution in [2.24, 2.45) is 4.99 Å². The minimum Gasteiger partial charge on any atom is -0.357 e. The number of aromatic nitrogens is 1. The first kappa shape index (κ1) is 21.1. The molecule has 1 heterocycles. The first-order valence-corrected chi connectivity index (χ1v) is 8.58. The molecule has 2 N–H and O–H groups in total. The number of nitrogens with one attached hydrogen (secondary N) is 2. The van der Waals surface area contributed by atoms with Crippen molar-refractivity contribution in [1.82, 2.24) is 15.6 Å². The lowest BCUT2D eigenvalue weighted by atomic mass is 10.2. The normalized spacial score (nSPS) is 11.1. The summed E-state index contributed by atoms with van der Waals surface area (Å²) in [4.78, 5) is 10.1. The van der Waals surface area contributed by atoms with E-state index in [1.54, 1.807) is 23.5 Å². The summed E-state index contributed by atoms with van der Waals surface area (Å²) >= 11 is 7.47. The third-order valence-electron chi connectivity index (χ3n) is 3.16. The summed E-state index contributed by atoms with van der Waals surface area (Å²) in [5, 5.41) is 7.66. The van der Waals surface area contributed by atoms with Crippen LogP contribution in [0.3, 0.4) is 0 Å². The van der Waals surface area contributed by atoms with E-state index in [0.717, 1.165) is 22.8 Å². The number of halogens is 3. The highest BCUT2D eigenvalue weighted by Crippen LogP contribution is 2.17. The van der Waals surface area contributed by atoms with Crippen molar-refractivity contribution in [3.05, 3.63) is 50.2 Å². The molecule has 1 aromatic heterocycles. The molecule has 0 bridgehead atoms. The number of guanidine groups is 1. The van der Waals surface area contributed by atoms with Crippen LogP contribution in [0.4, 0.5) is 4.39 Å². The maximum atomic E-state index is 13.2. The average Bonchev–Trinajstić information content (AvgIpc) is 2.83. The zero-order valence-corrected chi connectivity index (χ0v) is 17.7. The number of aryl methyl sites for hydroxylation is 2. The van der Waals surface area contributed by atoms with Gasteiger partial charge in [-0.2, -0.15) is 0 Å². The standard InChI is InChI=1S/C16H20ClFN4S.HI/c1-4-19-16(21-9-15-10(2)22-11(3)23-15)20-8-12-5-6-14(18)13(17)7-12;/h5-7H,4,8-9H2,1-3H3,(H2,19,20,21);1H. The monoisotopic (exact) mass is 482 g/mol. The lowest BCUT2D eigenvalue weighted by molar-refractivity contribution is 0.627. The Kier molecular flexibility index (Phi) is 8.93. The Hall–Kier alpha value is -0.930. The molecule has 24 heavy (non-hydrogen) atoms. The number of benzene rings is 1. The molecule has 0 spiro atoms. The third-order valence-corrected chi connectivity index (χ3v) is 4.53. The lowest BCUT2D eigenvalue weighted by Gasteiger charge is -2.11. The van der Waals surface area contributed by atoms with E-state index in [2.05, 4.69) is 20.6 Å². The van der Waals surface area contributed by atoms with Crippen molar-refractivity contribution in [1.29, 1.82) is 0 Å². The van der Waals surface area contributed by atoms with Gasteiger partial charge in [0.1, 0.15) is 5.82 Å². The van der Waals surface area contributed by atoms with E-state index in [1.807, 2.05) is 20.8 Å². The number of aliphatic imine (C=N–C) groups is 1. The maximum Gasteiger partial charge on any atom is 0.191 e. The summed E-state index contributed by atoms with van der Waals surface area (Å²) in [5.41, 5.74) is 1.90. The first-order valence-electron chi connectivity index (χ1n) is 7.38. The molecule has 0 amide bonds. The zero-order chi connectivity index (χ0) is 16.8. The topological polar surface area (TPSA) is 49.3 Å². The predicted molar refractivity (Wildman–Crippen MR) is 110 cm³/mol. The van der Waals surface area contributed by atoms with Gasteiger partial charge in [-0.25, -0.2) is 14.4 Å². The van der Waals surface area contributed by atoms with Crippen molar-refractivity contribution >= 4 is 52.9 Å². The second-order valence-corrected chi connectivity index (χ2v) is 6.73.